The van der Waals surface area contributed by atoms with Crippen LogP contribution in [0.5, 0.6) is 0 Å². The molecule has 1 amide bonds. The van der Waals surface area contributed by atoms with Gasteiger partial charge in [-0.15, -0.1) is 0 Å². The van der Waals surface area contributed by atoms with Crippen molar-refractivity contribution < 1.29 is 14.7 Å². The van der Waals surface area contributed by atoms with Crippen LogP contribution < -0.4 is 5.32 Å². The number of carbonyl (C=O) groups excluding carboxylic acids is 1. The lowest BCUT2D eigenvalue weighted by Gasteiger charge is -2.25. The lowest BCUT2D eigenvalue weighted by molar-refractivity contribution is -0.144. The van der Waals surface area contributed by atoms with Gasteiger partial charge in [-0.2, -0.15) is 5.26 Å². The molecule has 1 heterocycles. The van der Waals surface area contributed by atoms with Crippen molar-refractivity contribution in [3.63, 3.8) is 0 Å². The highest BCUT2D eigenvalue weighted by molar-refractivity contribution is 5.80. The van der Waals surface area contributed by atoms with E-state index in [1.807, 2.05) is 6.07 Å². The quantitative estimate of drug-likeness (QED) is 0.671. The molecule has 1 atom stereocenters. The lowest BCUT2D eigenvalue weighted by Crippen LogP contribution is -2.46. The number of nitrogens with zero attached hydrogens (tertiary/aromatic N) is 2. The van der Waals surface area contributed by atoms with Gasteiger partial charge in [0.2, 0.25) is 5.91 Å². The van der Waals surface area contributed by atoms with E-state index in [-0.39, 0.29) is 19.0 Å². The minimum atomic E-state index is -0.875. The number of amides is 1. The van der Waals surface area contributed by atoms with Crippen LogP contribution in [0.15, 0.2) is 0 Å². The van der Waals surface area contributed by atoms with E-state index in [2.05, 4.69) is 5.32 Å². The van der Waals surface area contributed by atoms with Crippen molar-refractivity contribution in [3.05, 3.63) is 0 Å². The summed E-state index contributed by atoms with van der Waals surface area (Å²) >= 11 is 0. The molecule has 0 aromatic carbocycles. The topological polar surface area (TPSA) is 93.4 Å². The Balaban J connectivity index is 2.54. The molecule has 0 aliphatic carbocycles. The maximum absolute atomic E-state index is 11.5. The van der Waals surface area contributed by atoms with Gasteiger partial charge in [0.05, 0.1) is 12.6 Å². The van der Waals surface area contributed by atoms with E-state index in [1.54, 1.807) is 4.90 Å². The molecule has 1 aliphatic rings. The van der Waals surface area contributed by atoms with Crippen molar-refractivity contribution in [1.82, 2.24) is 10.2 Å². The Kier molecular flexibility index (Phi) is 5.43. The normalized spacial score (nSPS) is 21.2. The highest BCUT2D eigenvalue weighted by Gasteiger charge is 2.28. The predicted molar refractivity (Wildman–Crippen MR) is 60.1 cm³/mol. The van der Waals surface area contributed by atoms with Crippen LogP contribution in [0.4, 0.5) is 0 Å². The number of rotatable bonds is 4. The second-order valence-electron chi connectivity index (χ2n) is 4.11. The van der Waals surface area contributed by atoms with Crippen LogP contribution in [-0.4, -0.2) is 47.6 Å². The summed E-state index contributed by atoms with van der Waals surface area (Å²) in [6.45, 7) is 0.639. The summed E-state index contributed by atoms with van der Waals surface area (Å²) in [6, 6.07) is 1.24. The first-order valence-electron chi connectivity index (χ1n) is 5.75. The number of carboxylic acids is 1. The Labute approximate surface area is 100 Å². The molecule has 2 N–H and O–H groups in total. The molecule has 0 radical (unpaired) electrons. The second-order valence-corrected chi connectivity index (χ2v) is 4.11. The number of carboxylic acid groups (broad SMARTS) is 1. The van der Waals surface area contributed by atoms with Crippen molar-refractivity contribution >= 4 is 11.9 Å². The van der Waals surface area contributed by atoms with Gasteiger partial charge >= 0.3 is 5.97 Å². The minimum Gasteiger partial charge on any atom is -0.480 e. The Morgan fingerprint density at radius 2 is 2.18 bits per heavy atom. The third-order valence-corrected chi connectivity index (χ3v) is 2.86. The number of hydrogen-bond donors (Lipinski definition) is 2. The second kappa shape index (κ2) is 6.86. The zero-order valence-electron chi connectivity index (χ0n) is 9.69. The van der Waals surface area contributed by atoms with Crippen molar-refractivity contribution in [3.8, 4) is 6.07 Å². The molecule has 17 heavy (non-hydrogen) atoms. The van der Waals surface area contributed by atoms with Gasteiger partial charge in [0.1, 0.15) is 12.6 Å². The van der Waals surface area contributed by atoms with Gasteiger partial charge in [-0.25, -0.2) is 0 Å². The number of nitrogens with one attached hydrogen (secondary N) is 1. The summed E-state index contributed by atoms with van der Waals surface area (Å²) in [4.78, 5) is 24.2. The summed E-state index contributed by atoms with van der Waals surface area (Å²) < 4.78 is 0. The maximum Gasteiger partial charge on any atom is 0.320 e. The molecule has 1 aliphatic heterocycles. The number of likely N-dealkylation sites (tertiary alicyclic amines) is 1. The van der Waals surface area contributed by atoms with Crippen molar-refractivity contribution in [2.45, 2.75) is 31.7 Å². The van der Waals surface area contributed by atoms with Crippen LogP contribution in [0, 0.1) is 11.3 Å². The third-order valence-electron chi connectivity index (χ3n) is 2.86. The van der Waals surface area contributed by atoms with Gasteiger partial charge in [0, 0.05) is 0 Å². The fourth-order valence-corrected chi connectivity index (χ4v) is 2.02. The van der Waals surface area contributed by atoms with Crippen molar-refractivity contribution in [2.75, 3.05) is 19.6 Å². The van der Waals surface area contributed by atoms with E-state index >= 15 is 0 Å². The number of carbonyl (C=O) groups is 2. The standard InChI is InChI=1S/C11H17N3O3/c12-5-6-13-10(15)8-14-7-3-1-2-4-9(14)11(16)17/h9H,1-4,6-8H2,(H,13,15)(H,16,17). The first kappa shape index (κ1) is 13.5. The summed E-state index contributed by atoms with van der Waals surface area (Å²) in [7, 11) is 0. The summed E-state index contributed by atoms with van der Waals surface area (Å²) in [5.41, 5.74) is 0. The molecule has 6 heteroatoms. The Morgan fingerprint density at radius 3 is 2.82 bits per heavy atom. The van der Waals surface area contributed by atoms with Crippen LogP contribution in [-0.2, 0) is 9.59 Å². The molecule has 6 nitrogen and oxygen atoms in total. The zero-order valence-corrected chi connectivity index (χ0v) is 9.69. The average Bonchev–Trinajstić information content (AvgIpc) is 2.51. The Morgan fingerprint density at radius 1 is 1.41 bits per heavy atom. The van der Waals surface area contributed by atoms with Crippen LogP contribution in [0.3, 0.4) is 0 Å². The predicted octanol–water partition coefficient (Wildman–Crippen LogP) is -0.0446. The lowest BCUT2D eigenvalue weighted by atomic mass is 10.1. The van der Waals surface area contributed by atoms with Crippen molar-refractivity contribution in [2.24, 2.45) is 0 Å². The van der Waals surface area contributed by atoms with E-state index in [0.717, 1.165) is 19.3 Å². The molecule has 1 saturated heterocycles. The van der Waals surface area contributed by atoms with E-state index in [4.69, 9.17) is 10.4 Å². The van der Waals surface area contributed by atoms with Crippen LogP contribution in [0.2, 0.25) is 0 Å². The highest BCUT2D eigenvalue weighted by Crippen LogP contribution is 2.16. The van der Waals surface area contributed by atoms with Crippen LogP contribution in [0.1, 0.15) is 25.7 Å². The molecule has 0 aromatic rings. The molecule has 0 spiro atoms. The molecular weight excluding hydrogens is 222 g/mol. The van der Waals surface area contributed by atoms with Gasteiger partial charge in [0.15, 0.2) is 0 Å². The fraction of sp³-hybridized carbons (Fsp3) is 0.727. The molecule has 0 bridgehead atoms. The van der Waals surface area contributed by atoms with E-state index in [9.17, 15) is 9.59 Å². The molecule has 0 aromatic heterocycles. The van der Waals surface area contributed by atoms with Gasteiger partial charge in [-0.1, -0.05) is 12.8 Å². The number of aliphatic carboxylic acids is 1. The van der Waals surface area contributed by atoms with Crippen molar-refractivity contribution in [1.29, 1.82) is 5.26 Å². The molecule has 94 valence electrons. The molecule has 1 fully saturated rings. The highest BCUT2D eigenvalue weighted by atomic mass is 16.4. The van der Waals surface area contributed by atoms with Gasteiger partial charge in [0.25, 0.3) is 0 Å². The first-order chi connectivity index (χ1) is 8.15. The summed E-state index contributed by atoms with van der Waals surface area (Å²) in [5, 5.41) is 19.9. The third kappa shape index (κ3) is 4.41. The summed E-state index contributed by atoms with van der Waals surface area (Å²) in [5.74, 6) is -1.17. The first-order valence-corrected chi connectivity index (χ1v) is 5.75. The van der Waals surface area contributed by atoms with Gasteiger partial charge in [-0.3, -0.25) is 14.5 Å². The molecular formula is C11H17N3O3. The van der Waals surface area contributed by atoms with Crippen LogP contribution in [0.25, 0.3) is 0 Å². The molecule has 1 rings (SSSR count). The van der Waals surface area contributed by atoms with E-state index in [1.165, 1.54) is 0 Å². The van der Waals surface area contributed by atoms with Gasteiger partial charge in [-0.05, 0) is 19.4 Å². The monoisotopic (exact) mass is 239 g/mol. The smallest absolute Gasteiger partial charge is 0.320 e. The molecule has 0 saturated carbocycles. The average molecular weight is 239 g/mol. The number of nitriles is 1. The minimum absolute atomic E-state index is 0.0373. The zero-order chi connectivity index (χ0) is 12.7. The van der Waals surface area contributed by atoms with E-state index < -0.39 is 12.0 Å². The fourth-order valence-electron chi connectivity index (χ4n) is 2.02. The summed E-state index contributed by atoms with van der Waals surface area (Å²) in [6.07, 6.45) is 3.38. The maximum atomic E-state index is 11.5. The largest absolute Gasteiger partial charge is 0.480 e. The Hall–Kier alpha value is -1.61. The molecule has 1 unspecified atom stereocenters. The number of hydrogen-bond acceptors (Lipinski definition) is 4. The van der Waals surface area contributed by atoms with Crippen LogP contribution >= 0.6 is 0 Å². The Bertz CT molecular complexity index is 324. The van der Waals surface area contributed by atoms with E-state index in [0.29, 0.717) is 13.0 Å². The SMILES string of the molecule is N#CCNC(=O)CN1CCCCCC1C(=O)O. The van der Waals surface area contributed by atoms with Gasteiger partial charge < -0.3 is 10.4 Å².